The largest absolute Gasteiger partial charge is 0.333 e. The molecule has 0 aliphatic heterocycles. The number of nitrogens with two attached hydrogens (primary N) is 1. The molecule has 2 rings (SSSR count). The molecule has 0 aromatic carbocycles. The number of hydrogen-bond acceptors (Lipinski definition) is 4. The fraction of sp³-hybridized carbons (Fsp3) is 0.385. The quantitative estimate of drug-likeness (QED) is 0.619. The Balaban J connectivity index is 2.39. The number of nitrogens with zero attached hydrogens (tertiary/aromatic N) is 3. The van der Waals surface area contributed by atoms with Crippen molar-refractivity contribution in [1.29, 1.82) is 0 Å². The van der Waals surface area contributed by atoms with E-state index in [4.69, 9.17) is 5.84 Å². The highest BCUT2D eigenvalue weighted by Crippen LogP contribution is 2.22. The first-order chi connectivity index (χ1) is 8.77. The van der Waals surface area contributed by atoms with Crippen LogP contribution in [0.15, 0.2) is 30.9 Å². The number of aromatic nitrogens is 3. The highest BCUT2D eigenvalue weighted by atomic mass is 15.3. The maximum Gasteiger partial charge on any atom is 0.131 e. The monoisotopic (exact) mass is 245 g/mol. The van der Waals surface area contributed by atoms with Gasteiger partial charge in [-0.1, -0.05) is 6.92 Å². The SMILES string of the molecule is CCCn1ccnc1C(NN)c1ccncc1C. The van der Waals surface area contributed by atoms with E-state index >= 15 is 0 Å². The molecule has 0 aliphatic carbocycles. The number of nitrogens with one attached hydrogen (secondary N) is 1. The van der Waals surface area contributed by atoms with Crippen LogP contribution in [0.5, 0.6) is 0 Å². The molecule has 96 valence electrons. The smallest absolute Gasteiger partial charge is 0.131 e. The van der Waals surface area contributed by atoms with Gasteiger partial charge in [0.05, 0.1) is 0 Å². The fourth-order valence-electron chi connectivity index (χ4n) is 2.12. The molecule has 2 aromatic rings. The Kier molecular flexibility index (Phi) is 4.07. The van der Waals surface area contributed by atoms with Crippen molar-refractivity contribution in [1.82, 2.24) is 20.0 Å². The molecule has 3 N–H and O–H groups in total. The Morgan fingerprint density at radius 3 is 2.94 bits per heavy atom. The molecule has 5 nitrogen and oxygen atoms in total. The Labute approximate surface area is 107 Å². The van der Waals surface area contributed by atoms with Crippen molar-refractivity contribution in [3.05, 3.63) is 47.8 Å². The van der Waals surface area contributed by atoms with Gasteiger partial charge >= 0.3 is 0 Å². The lowest BCUT2D eigenvalue weighted by atomic mass is 10.0. The van der Waals surface area contributed by atoms with Crippen LogP contribution in [0.2, 0.25) is 0 Å². The number of pyridine rings is 1. The number of aryl methyl sites for hydroxylation is 2. The number of rotatable bonds is 5. The van der Waals surface area contributed by atoms with Gasteiger partial charge in [0.15, 0.2) is 0 Å². The van der Waals surface area contributed by atoms with Gasteiger partial charge in [-0.05, 0) is 30.5 Å². The second-order valence-corrected chi connectivity index (χ2v) is 4.31. The second-order valence-electron chi connectivity index (χ2n) is 4.31. The van der Waals surface area contributed by atoms with Crippen LogP contribution in [0, 0.1) is 6.92 Å². The second kappa shape index (κ2) is 5.75. The molecule has 2 heterocycles. The highest BCUT2D eigenvalue weighted by Gasteiger charge is 2.19. The molecule has 0 aliphatic rings. The van der Waals surface area contributed by atoms with Crippen LogP contribution in [0.25, 0.3) is 0 Å². The van der Waals surface area contributed by atoms with Crippen molar-refractivity contribution in [2.45, 2.75) is 32.9 Å². The van der Waals surface area contributed by atoms with E-state index in [1.807, 2.05) is 31.6 Å². The molecule has 0 saturated heterocycles. The minimum atomic E-state index is -0.102. The summed E-state index contributed by atoms with van der Waals surface area (Å²) >= 11 is 0. The lowest BCUT2D eigenvalue weighted by Crippen LogP contribution is -2.31. The normalized spacial score (nSPS) is 12.6. The third-order valence-corrected chi connectivity index (χ3v) is 3.01. The van der Waals surface area contributed by atoms with Gasteiger partial charge < -0.3 is 4.57 Å². The molecule has 18 heavy (non-hydrogen) atoms. The molecule has 1 unspecified atom stereocenters. The zero-order valence-corrected chi connectivity index (χ0v) is 10.8. The average Bonchev–Trinajstić information content (AvgIpc) is 2.82. The minimum absolute atomic E-state index is 0.102. The molecule has 0 saturated carbocycles. The van der Waals surface area contributed by atoms with E-state index in [9.17, 15) is 0 Å². The van der Waals surface area contributed by atoms with Gasteiger partial charge in [-0.25, -0.2) is 10.4 Å². The summed E-state index contributed by atoms with van der Waals surface area (Å²) in [7, 11) is 0. The van der Waals surface area contributed by atoms with Gasteiger partial charge in [0.1, 0.15) is 11.9 Å². The maximum atomic E-state index is 5.71. The van der Waals surface area contributed by atoms with Gasteiger partial charge in [0.2, 0.25) is 0 Å². The first-order valence-corrected chi connectivity index (χ1v) is 6.15. The van der Waals surface area contributed by atoms with Crippen LogP contribution in [-0.4, -0.2) is 14.5 Å². The first-order valence-electron chi connectivity index (χ1n) is 6.15. The first kappa shape index (κ1) is 12.7. The lowest BCUT2D eigenvalue weighted by Gasteiger charge is -2.19. The van der Waals surface area contributed by atoms with E-state index in [0.29, 0.717) is 0 Å². The van der Waals surface area contributed by atoms with Crippen molar-refractivity contribution in [2.24, 2.45) is 5.84 Å². The molecule has 0 radical (unpaired) electrons. The number of hydrogen-bond donors (Lipinski definition) is 2. The molecule has 0 fully saturated rings. The zero-order valence-electron chi connectivity index (χ0n) is 10.8. The molecule has 0 spiro atoms. The Bertz CT molecular complexity index is 506. The molecule has 2 aromatic heterocycles. The van der Waals surface area contributed by atoms with E-state index in [1.165, 1.54) is 0 Å². The van der Waals surface area contributed by atoms with Crippen LogP contribution in [0.4, 0.5) is 0 Å². The fourth-order valence-corrected chi connectivity index (χ4v) is 2.12. The van der Waals surface area contributed by atoms with E-state index in [0.717, 1.165) is 29.9 Å². The predicted octanol–water partition coefficient (Wildman–Crippen LogP) is 1.55. The third-order valence-electron chi connectivity index (χ3n) is 3.01. The van der Waals surface area contributed by atoms with E-state index < -0.39 is 0 Å². The Hall–Kier alpha value is -1.72. The standard InChI is InChI=1S/C13H19N5/c1-3-7-18-8-6-16-13(18)12(17-14)11-4-5-15-9-10(11)2/h4-6,8-9,12,17H,3,7,14H2,1-2H3. The van der Waals surface area contributed by atoms with E-state index in [2.05, 4.69) is 26.9 Å². The van der Waals surface area contributed by atoms with Crippen molar-refractivity contribution in [3.63, 3.8) is 0 Å². The number of hydrazine groups is 1. The van der Waals surface area contributed by atoms with E-state index in [1.54, 1.807) is 6.20 Å². The van der Waals surface area contributed by atoms with Crippen molar-refractivity contribution < 1.29 is 0 Å². The third kappa shape index (κ3) is 2.42. The molecule has 5 heteroatoms. The summed E-state index contributed by atoms with van der Waals surface area (Å²) in [6, 6.07) is 1.87. The van der Waals surface area contributed by atoms with Gasteiger partial charge in [-0.3, -0.25) is 10.8 Å². The van der Waals surface area contributed by atoms with Crippen LogP contribution in [0.1, 0.15) is 36.3 Å². The summed E-state index contributed by atoms with van der Waals surface area (Å²) < 4.78 is 2.13. The summed E-state index contributed by atoms with van der Waals surface area (Å²) in [4.78, 5) is 8.53. The van der Waals surface area contributed by atoms with Crippen molar-refractivity contribution in [3.8, 4) is 0 Å². The zero-order chi connectivity index (χ0) is 13.0. The van der Waals surface area contributed by atoms with Crippen LogP contribution in [0.3, 0.4) is 0 Å². The van der Waals surface area contributed by atoms with Gasteiger partial charge in [-0.15, -0.1) is 0 Å². The van der Waals surface area contributed by atoms with Gasteiger partial charge in [0, 0.05) is 31.3 Å². The average molecular weight is 245 g/mol. The molecule has 1 atom stereocenters. The molecular formula is C13H19N5. The number of imidazole rings is 1. The molecule has 0 amide bonds. The predicted molar refractivity (Wildman–Crippen MR) is 70.7 cm³/mol. The maximum absolute atomic E-state index is 5.71. The molecule has 0 bridgehead atoms. The summed E-state index contributed by atoms with van der Waals surface area (Å²) in [6.45, 7) is 5.11. The van der Waals surface area contributed by atoms with Crippen molar-refractivity contribution in [2.75, 3.05) is 0 Å². The Morgan fingerprint density at radius 2 is 2.28 bits per heavy atom. The minimum Gasteiger partial charge on any atom is -0.333 e. The van der Waals surface area contributed by atoms with Crippen molar-refractivity contribution >= 4 is 0 Å². The summed E-state index contributed by atoms with van der Waals surface area (Å²) in [5.74, 6) is 6.64. The van der Waals surface area contributed by atoms with Gasteiger partial charge in [-0.2, -0.15) is 0 Å². The molecular weight excluding hydrogens is 226 g/mol. The Morgan fingerprint density at radius 1 is 1.44 bits per heavy atom. The topological polar surface area (TPSA) is 68.8 Å². The van der Waals surface area contributed by atoms with Crippen LogP contribution < -0.4 is 11.3 Å². The summed E-state index contributed by atoms with van der Waals surface area (Å²) in [5, 5.41) is 0. The van der Waals surface area contributed by atoms with Gasteiger partial charge in [0.25, 0.3) is 0 Å². The van der Waals surface area contributed by atoms with Crippen LogP contribution in [-0.2, 0) is 6.54 Å². The van der Waals surface area contributed by atoms with Crippen LogP contribution >= 0.6 is 0 Å². The lowest BCUT2D eigenvalue weighted by molar-refractivity contribution is 0.543. The summed E-state index contributed by atoms with van der Waals surface area (Å²) in [5.41, 5.74) is 5.06. The van der Waals surface area contributed by atoms with E-state index in [-0.39, 0.29) is 6.04 Å². The highest BCUT2D eigenvalue weighted by molar-refractivity contribution is 5.30. The summed E-state index contributed by atoms with van der Waals surface area (Å²) in [6.07, 6.45) is 8.48.